The molecular weight excluding hydrogens is 120 g/mol. The lowest BCUT2D eigenvalue weighted by Crippen LogP contribution is -1.71. The lowest BCUT2D eigenvalue weighted by atomic mass is 10.1. The van der Waals surface area contributed by atoms with Crippen molar-refractivity contribution in [3.05, 3.63) is 36.5 Å². The Balaban J connectivity index is 3.94. The first-order valence-corrected chi connectivity index (χ1v) is 3.83. The Labute approximate surface area is 64.0 Å². The highest BCUT2D eigenvalue weighted by Crippen LogP contribution is 2.02. The quantitative estimate of drug-likeness (QED) is 0.519. The zero-order valence-electron chi connectivity index (χ0n) is 6.93. The van der Waals surface area contributed by atoms with Crippen molar-refractivity contribution < 1.29 is 0 Å². The number of hydrogen-bond donors (Lipinski definition) is 0. The van der Waals surface area contributed by atoms with Gasteiger partial charge in [-0.3, -0.25) is 0 Å². The van der Waals surface area contributed by atoms with Crippen molar-refractivity contribution in [3.63, 3.8) is 0 Å². The van der Waals surface area contributed by atoms with Gasteiger partial charge < -0.3 is 0 Å². The minimum absolute atomic E-state index is 1.09. The van der Waals surface area contributed by atoms with E-state index in [2.05, 4.69) is 32.6 Å². The van der Waals surface area contributed by atoms with Crippen LogP contribution in [-0.4, -0.2) is 0 Å². The van der Waals surface area contributed by atoms with Crippen LogP contribution in [-0.2, 0) is 0 Å². The molecule has 56 valence electrons. The Morgan fingerprint density at radius 2 is 2.10 bits per heavy atom. The van der Waals surface area contributed by atoms with Gasteiger partial charge in [-0.25, -0.2) is 0 Å². The van der Waals surface area contributed by atoms with Gasteiger partial charge in [0.05, 0.1) is 0 Å². The maximum absolute atomic E-state index is 3.65. The second-order valence-corrected chi connectivity index (χ2v) is 2.14. The van der Waals surface area contributed by atoms with Crippen LogP contribution < -0.4 is 0 Å². The summed E-state index contributed by atoms with van der Waals surface area (Å²) in [5.74, 6) is 0. The van der Waals surface area contributed by atoms with E-state index in [1.54, 1.807) is 0 Å². The Kier molecular flexibility index (Phi) is 5.85. The molecule has 0 radical (unpaired) electrons. The Hall–Kier alpha value is -0.780. The van der Waals surface area contributed by atoms with Crippen molar-refractivity contribution >= 4 is 0 Å². The maximum atomic E-state index is 3.65. The molecule has 0 aromatic rings. The molecule has 0 aromatic carbocycles. The minimum atomic E-state index is 1.09. The summed E-state index contributed by atoms with van der Waals surface area (Å²) in [7, 11) is 0. The summed E-state index contributed by atoms with van der Waals surface area (Å²) in [4.78, 5) is 0. The summed E-state index contributed by atoms with van der Waals surface area (Å²) in [5.41, 5.74) is 1.34. The number of allylic oxidation sites excluding steroid dienone is 5. The standard InChI is InChI=1S/C10H16/c1-4-7-9-10(6-3)8-5-2/h5,7-9H,2,4,6H2,1,3H3. The summed E-state index contributed by atoms with van der Waals surface area (Å²) in [5, 5.41) is 0. The summed E-state index contributed by atoms with van der Waals surface area (Å²) in [6, 6.07) is 0. The van der Waals surface area contributed by atoms with Crippen molar-refractivity contribution in [2.24, 2.45) is 0 Å². The van der Waals surface area contributed by atoms with Crippen LogP contribution in [0.5, 0.6) is 0 Å². The molecule has 10 heavy (non-hydrogen) atoms. The molecule has 0 saturated carbocycles. The van der Waals surface area contributed by atoms with Crippen molar-refractivity contribution in [2.75, 3.05) is 0 Å². The highest BCUT2D eigenvalue weighted by Gasteiger charge is 1.82. The van der Waals surface area contributed by atoms with Gasteiger partial charge in [-0.15, -0.1) is 0 Å². The maximum Gasteiger partial charge on any atom is -0.0308 e. The molecule has 0 heterocycles. The van der Waals surface area contributed by atoms with Gasteiger partial charge in [0.2, 0.25) is 0 Å². The van der Waals surface area contributed by atoms with E-state index in [1.807, 2.05) is 12.2 Å². The summed E-state index contributed by atoms with van der Waals surface area (Å²) in [6.07, 6.45) is 10.4. The summed E-state index contributed by atoms with van der Waals surface area (Å²) >= 11 is 0. The third-order valence-electron chi connectivity index (χ3n) is 1.31. The molecule has 0 atom stereocenters. The summed E-state index contributed by atoms with van der Waals surface area (Å²) in [6.45, 7) is 7.93. The number of hydrogen-bond acceptors (Lipinski definition) is 0. The molecule has 0 bridgehead atoms. The van der Waals surface area contributed by atoms with E-state index in [1.165, 1.54) is 5.57 Å². The first kappa shape index (κ1) is 9.22. The normalized spacial score (nSPS) is 12.4. The van der Waals surface area contributed by atoms with Crippen LogP contribution in [0.4, 0.5) is 0 Å². The highest BCUT2D eigenvalue weighted by molar-refractivity contribution is 5.22. The predicted octanol–water partition coefficient (Wildman–Crippen LogP) is 3.48. The van der Waals surface area contributed by atoms with Gasteiger partial charge in [0.1, 0.15) is 0 Å². The second-order valence-electron chi connectivity index (χ2n) is 2.14. The smallest absolute Gasteiger partial charge is 0.0308 e. The molecule has 0 aliphatic rings. The van der Waals surface area contributed by atoms with Gasteiger partial charge >= 0.3 is 0 Å². The first-order valence-electron chi connectivity index (χ1n) is 3.83. The van der Waals surface area contributed by atoms with Crippen molar-refractivity contribution in [3.8, 4) is 0 Å². The van der Waals surface area contributed by atoms with Crippen molar-refractivity contribution in [2.45, 2.75) is 26.7 Å². The van der Waals surface area contributed by atoms with Gasteiger partial charge in [0.25, 0.3) is 0 Å². The lowest BCUT2D eigenvalue weighted by molar-refractivity contribution is 1.13. The molecular formula is C10H16. The van der Waals surface area contributed by atoms with E-state index in [0.29, 0.717) is 0 Å². The SMILES string of the molecule is C=CC=C(C=CCC)CC. The van der Waals surface area contributed by atoms with Crippen LogP contribution in [0.2, 0.25) is 0 Å². The molecule has 0 heteroatoms. The zero-order chi connectivity index (χ0) is 7.82. The Morgan fingerprint density at radius 3 is 2.50 bits per heavy atom. The largest absolute Gasteiger partial charge is 0.0991 e. The van der Waals surface area contributed by atoms with Gasteiger partial charge in [-0.05, 0) is 18.4 Å². The molecule has 0 amide bonds. The van der Waals surface area contributed by atoms with Crippen LogP contribution in [0.15, 0.2) is 36.5 Å². The van der Waals surface area contributed by atoms with Gasteiger partial charge in [0, 0.05) is 0 Å². The van der Waals surface area contributed by atoms with E-state index in [0.717, 1.165) is 12.8 Å². The van der Waals surface area contributed by atoms with Gasteiger partial charge in [-0.2, -0.15) is 0 Å². The molecule has 0 spiro atoms. The number of rotatable bonds is 4. The molecule has 0 aliphatic heterocycles. The molecule has 0 fully saturated rings. The van der Waals surface area contributed by atoms with E-state index >= 15 is 0 Å². The van der Waals surface area contributed by atoms with Crippen molar-refractivity contribution in [1.29, 1.82) is 0 Å². The molecule has 0 N–H and O–H groups in total. The fraction of sp³-hybridized carbons (Fsp3) is 0.400. The Morgan fingerprint density at radius 1 is 1.40 bits per heavy atom. The highest BCUT2D eigenvalue weighted by atomic mass is 13.9. The average Bonchev–Trinajstić information content (AvgIpc) is 1.98. The van der Waals surface area contributed by atoms with Crippen LogP contribution in [0.25, 0.3) is 0 Å². The zero-order valence-corrected chi connectivity index (χ0v) is 6.93. The molecule has 0 saturated heterocycles. The topological polar surface area (TPSA) is 0 Å². The molecule has 0 aliphatic carbocycles. The fourth-order valence-corrected chi connectivity index (χ4v) is 0.712. The molecule has 0 rings (SSSR count). The van der Waals surface area contributed by atoms with E-state index in [-0.39, 0.29) is 0 Å². The molecule has 0 unspecified atom stereocenters. The van der Waals surface area contributed by atoms with Crippen LogP contribution in [0.1, 0.15) is 26.7 Å². The first-order chi connectivity index (χ1) is 4.85. The molecule has 0 nitrogen and oxygen atoms in total. The predicted molar refractivity (Wildman–Crippen MR) is 48.0 cm³/mol. The summed E-state index contributed by atoms with van der Waals surface area (Å²) < 4.78 is 0. The van der Waals surface area contributed by atoms with Crippen LogP contribution in [0, 0.1) is 0 Å². The molecule has 0 aromatic heterocycles. The third-order valence-corrected chi connectivity index (χ3v) is 1.31. The van der Waals surface area contributed by atoms with Crippen LogP contribution in [0.3, 0.4) is 0 Å². The lowest BCUT2D eigenvalue weighted by Gasteiger charge is -1.92. The monoisotopic (exact) mass is 136 g/mol. The average molecular weight is 136 g/mol. The van der Waals surface area contributed by atoms with Crippen molar-refractivity contribution in [1.82, 2.24) is 0 Å². The van der Waals surface area contributed by atoms with Gasteiger partial charge in [-0.1, -0.05) is 44.7 Å². The van der Waals surface area contributed by atoms with Crippen LogP contribution >= 0.6 is 0 Å². The fourth-order valence-electron chi connectivity index (χ4n) is 0.712. The van der Waals surface area contributed by atoms with E-state index in [4.69, 9.17) is 0 Å². The Bertz CT molecular complexity index is 138. The van der Waals surface area contributed by atoms with Gasteiger partial charge in [0.15, 0.2) is 0 Å². The van der Waals surface area contributed by atoms with E-state index in [9.17, 15) is 0 Å². The minimum Gasteiger partial charge on any atom is -0.0991 e. The second kappa shape index (κ2) is 6.34. The third kappa shape index (κ3) is 4.13. The van der Waals surface area contributed by atoms with E-state index < -0.39 is 0 Å².